The first-order chi connectivity index (χ1) is 33.4. The maximum Gasteiger partial charge on any atom is 0.397 e. The van der Waals surface area contributed by atoms with Crippen LogP contribution in [0, 0.1) is 23.7 Å². The summed E-state index contributed by atoms with van der Waals surface area (Å²) < 4.78 is 76.6. The summed E-state index contributed by atoms with van der Waals surface area (Å²) in [6, 6.07) is -0.319. The van der Waals surface area contributed by atoms with Gasteiger partial charge in [-0.3, -0.25) is 18.9 Å². The van der Waals surface area contributed by atoms with Crippen molar-refractivity contribution in [3.05, 3.63) is 0 Å². The van der Waals surface area contributed by atoms with E-state index in [0.29, 0.717) is 12.8 Å². The van der Waals surface area contributed by atoms with E-state index in [1.165, 1.54) is 72.8 Å². The highest BCUT2D eigenvalue weighted by Crippen LogP contribution is 2.41. The smallest absolute Gasteiger partial charge is 0.397 e. The predicted molar refractivity (Wildman–Crippen MR) is 270 cm³/mol. The molecule has 5 N–H and O–H groups in total. The Morgan fingerprint density at radius 2 is 1.36 bits per heavy atom. The van der Waals surface area contributed by atoms with E-state index < -0.39 is 124 Å². The van der Waals surface area contributed by atoms with E-state index >= 15 is 0 Å². The first-order valence-corrected chi connectivity index (χ1v) is 28.0. The van der Waals surface area contributed by atoms with Gasteiger partial charge in [0, 0.05) is 37.7 Å². The van der Waals surface area contributed by atoms with E-state index in [1.54, 1.807) is 48.5 Å². The summed E-state index contributed by atoms with van der Waals surface area (Å²) in [5.74, 6) is -5.59. The van der Waals surface area contributed by atoms with Gasteiger partial charge < -0.3 is 58.5 Å². The number of carbonyl (C=O) groups excluding carboxylic acids is 3. The van der Waals surface area contributed by atoms with E-state index in [4.69, 9.17) is 37.7 Å². The monoisotopic (exact) mass is 1060 g/mol. The molecule has 3 aliphatic heterocycles. The second kappa shape index (κ2) is 30.1. The number of esters is 2. The zero-order chi connectivity index (χ0) is 54.9. The summed E-state index contributed by atoms with van der Waals surface area (Å²) in [6.07, 6.45) is 2.17. The van der Waals surface area contributed by atoms with Gasteiger partial charge in [0.2, 0.25) is 0 Å². The van der Waals surface area contributed by atoms with Gasteiger partial charge in [-0.25, -0.2) is 4.18 Å². The molecule has 0 bridgehead atoms. The van der Waals surface area contributed by atoms with Crippen LogP contribution < -0.4 is 0 Å². The van der Waals surface area contributed by atoms with Crippen LogP contribution in [0.5, 0.6) is 0 Å². The Kier molecular flexibility index (Phi) is 27.7. The number of ether oxygens (including phenoxy) is 7. The maximum absolute atomic E-state index is 14.2. The Labute approximate surface area is 432 Å². The summed E-state index contributed by atoms with van der Waals surface area (Å²) in [4.78, 5) is 42.9. The SMILES string of the molecule is CCC(=O)O[C@H]1C(O[C@@H]2[C@H](C)[C@H](OC3C[C@](C)(OC)[C@H](O)[C@@H](C)O3)[C@@H](C)C(=O)O[C@H](CC)[C@@](C)(O)[C@@H](O)[C@@H](C)C(=O)[C@H](C)CC2(C)O)O[C@H](C)C[C@@H]1N(C)C.CCCCCCCCCCCCOS(=O)(=O)O. The quantitative estimate of drug-likeness (QED) is 0.0468. The molecule has 0 aromatic heterocycles. The second-order valence-corrected chi connectivity index (χ2v) is 22.8. The van der Waals surface area contributed by atoms with Crippen molar-refractivity contribution >= 4 is 28.1 Å². The standard InChI is InChI=1S/C40H71NO14.C12H26O4S/c1-15-27-40(11,48)33(44)22(5)30(43)20(3)18-38(9,47)35(55-37-32(53-28(42)16-2)26(41(12)13)17-21(4)50-37)23(6)31(24(7)36(46)52-27)54-29-19-39(10,49-14)34(45)25(8)51-29;1-2-3-4-5-6-7-8-9-10-11-12-16-17(13,14)15/h20-27,29,31-35,37,44-45,47-48H,15-19H2,1-14H3;2-12H2,1H3,(H,13,14,15)/t20-,21-,22+,23-,24-,25-,26+,27-,29?,31+,32-,33+,34-,35-,37?,38?,39+,40-;/m1./s1. The van der Waals surface area contributed by atoms with Crippen molar-refractivity contribution in [2.24, 2.45) is 23.7 Å². The molecule has 19 nitrogen and oxygen atoms in total. The van der Waals surface area contributed by atoms with Crippen LogP contribution in [0.2, 0.25) is 0 Å². The van der Waals surface area contributed by atoms with Crippen molar-refractivity contribution in [3.8, 4) is 0 Å². The molecule has 3 unspecified atom stereocenters. The van der Waals surface area contributed by atoms with Gasteiger partial charge in [-0.15, -0.1) is 0 Å². The lowest BCUT2D eigenvalue weighted by atomic mass is 9.74. The van der Waals surface area contributed by atoms with Crippen molar-refractivity contribution in [1.29, 1.82) is 0 Å². The van der Waals surface area contributed by atoms with Crippen molar-refractivity contribution in [2.75, 3.05) is 27.8 Å². The number of carbonyl (C=O) groups is 3. The first kappa shape index (κ1) is 66.2. The highest BCUT2D eigenvalue weighted by Gasteiger charge is 2.54. The number of Topliss-reactive ketones (excluding diaryl/α,β-unsaturated/α-hetero) is 1. The van der Waals surface area contributed by atoms with Crippen molar-refractivity contribution < 1.29 is 85.1 Å². The third-order valence-corrected chi connectivity index (χ3v) is 15.5. The van der Waals surface area contributed by atoms with Gasteiger partial charge in [-0.2, -0.15) is 8.42 Å². The number of aliphatic hydroxyl groups excluding tert-OH is 2. The van der Waals surface area contributed by atoms with Crippen LogP contribution in [0.1, 0.15) is 179 Å². The number of aliphatic hydroxyl groups is 4. The molecule has 0 amide bonds. The van der Waals surface area contributed by atoms with Crippen LogP contribution >= 0.6 is 0 Å². The molecule has 3 saturated heterocycles. The van der Waals surface area contributed by atoms with Gasteiger partial charge in [-0.1, -0.05) is 99.3 Å². The fraction of sp³-hybridized carbons (Fsp3) is 0.942. The largest absolute Gasteiger partial charge is 0.459 e. The molecule has 72 heavy (non-hydrogen) atoms. The molecular formula is C52H97NO18S. The zero-order valence-corrected chi connectivity index (χ0v) is 47.2. The lowest BCUT2D eigenvalue weighted by molar-refractivity contribution is -0.319. The molecule has 3 heterocycles. The maximum atomic E-state index is 14.2. The van der Waals surface area contributed by atoms with E-state index in [0.717, 1.165) is 12.8 Å². The minimum absolute atomic E-state index is 0.0760. The molecule has 0 aromatic rings. The topological polar surface area (TPSA) is 264 Å². The molecule has 0 aromatic carbocycles. The zero-order valence-electron chi connectivity index (χ0n) is 46.4. The minimum atomic E-state index is -4.23. The fourth-order valence-electron chi connectivity index (χ4n) is 10.5. The van der Waals surface area contributed by atoms with Crippen LogP contribution in [0.4, 0.5) is 0 Å². The van der Waals surface area contributed by atoms with E-state index in [-0.39, 0.29) is 44.4 Å². The fourth-order valence-corrected chi connectivity index (χ4v) is 10.8. The summed E-state index contributed by atoms with van der Waals surface area (Å²) in [6.45, 7) is 20.3. The van der Waals surface area contributed by atoms with Gasteiger partial charge in [0.1, 0.15) is 23.6 Å². The summed E-state index contributed by atoms with van der Waals surface area (Å²) in [5.41, 5.74) is -4.92. The average molecular weight is 1060 g/mol. The van der Waals surface area contributed by atoms with Gasteiger partial charge in [0.25, 0.3) is 0 Å². The van der Waals surface area contributed by atoms with Gasteiger partial charge in [-0.05, 0) is 81.3 Å². The number of likely N-dealkylation sites (N-methyl/N-ethyl adjacent to an activating group) is 1. The number of methoxy groups -OCH3 is 1. The number of cyclic esters (lactones) is 1. The molecule has 0 saturated carbocycles. The lowest BCUT2D eigenvalue weighted by Gasteiger charge is -2.49. The summed E-state index contributed by atoms with van der Waals surface area (Å²) in [7, 11) is 0.973. The number of rotatable bonds is 21. The Bertz CT molecular complexity index is 1730. The molecular weight excluding hydrogens is 959 g/mol. The summed E-state index contributed by atoms with van der Waals surface area (Å²) >= 11 is 0. The van der Waals surface area contributed by atoms with E-state index in [1.807, 2.05) is 25.9 Å². The van der Waals surface area contributed by atoms with E-state index in [2.05, 4.69) is 11.1 Å². The van der Waals surface area contributed by atoms with Crippen LogP contribution in [-0.2, 0) is 62.1 Å². The van der Waals surface area contributed by atoms with Crippen molar-refractivity contribution in [2.45, 2.75) is 264 Å². The highest BCUT2D eigenvalue weighted by atomic mass is 32.3. The predicted octanol–water partition coefficient (Wildman–Crippen LogP) is 6.47. The number of hydrogen-bond donors (Lipinski definition) is 5. The molecule has 18 atom stereocenters. The minimum Gasteiger partial charge on any atom is -0.459 e. The number of ketones is 1. The molecule has 20 heteroatoms. The van der Waals surface area contributed by atoms with Crippen LogP contribution in [0.25, 0.3) is 0 Å². The Morgan fingerprint density at radius 1 is 0.792 bits per heavy atom. The van der Waals surface area contributed by atoms with Gasteiger partial charge in [0.15, 0.2) is 18.7 Å². The van der Waals surface area contributed by atoms with Crippen molar-refractivity contribution in [1.82, 2.24) is 4.90 Å². The Morgan fingerprint density at radius 3 is 1.88 bits per heavy atom. The molecule has 3 rings (SSSR count). The van der Waals surface area contributed by atoms with Gasteiger partial charge in [0.05, 0.1) is 60.3 Å². The highest BCUT2D eigenvalue weighted by molar-refractivity contribution is 7.80. The third-order valence-electron chi connectivity index (χ3n) is 15.1. The van der Waals surface area contributed by atoms with Crippen LogP contribution in [-0.4, -0.2) is 168 Å². The number of unbranched alkanes of at least 4 members (excludes halogenated alkanes) is 9. The second-order valence-electron chi connectivity index (χ2n) is 21.7. The van der Waals surface area contributed by atoms with Crippen LogP contribution in [0.15, 0.2) is 0 Å². The van der Waals surface area contributed by atoms with E-state index in [9.17, 15) is 43.2 Å². The normalized spacial score (nSPS) is 38.6. The Hall–Kier alpha value is -1.92. The molecule has 0 aliphatic carbocycles. The average Bonchev–Trinajstić information content (AvgIpc) is 3.30. The van der Waals surface area contributed by atoms with Crippen molar-refractivity contribution in [3.63, 3.8) is 0 Å². The van der Waals surface area contributed by atoms with Gasteiger partial charge >= 0.3 is 22.3 Å². The number of nitrogens with zero attached hydrogens (tertiary/aromatic N) is 1. The number of hydrogen-bond acceptors (Lipinski definition) is 18. The molecule has 424 valence electrons. The third kappa shape index (κ3) is 19.6. The summed E-state index contributed by atoms with van der Waals surface area (Å²) in [5, 5.41) is 46.6. The molecule has 0 radical (unpaired) electrons. The lowest BCUT2D eigenvalue weighted by Crippen LogP contribution is -2.61. The Balaban J connectivity index is 0.000000887. The molecule has 3 fully saturated rings. The molecule has 0 spiro atoms. The molecule has 3 aliphatic rings. The first-order valence-electron chi connectivity index (χ1n) is 26.6. The van der Waals surface area contributed by atoms with Crippen LogP contribution in [0.3, 0.4) is 0 Å².